The fraction of sp³-hybridized carbons (Fsp3) is 0.615. The Morgan fingerprint density at radius 1 is 1.55 bits per heavy atom. The van der Waals surface area contributed by atoms with Crippen LogP contribution in [0.25, 0.3) is 0 Å². The smallest absolute Gasteiger partial charge is 0.407 e. The number of rotatable bonds is 5. The molecule has 1 aliphatic heterocycles. The molecule has 1 atom stereocenters. The molecule has 0 aromatic carbocycles. The van der Waals surface area contributed by atoms with E-state index < -0.39 is 0 Å². The molecule has 0 radical (unpaired) electrons. The van der Waals surface area contributed by atoms with E-state index in [2.05, 4.69) is 37.2 Å². The quantitative estimate of drug-likeness (QED) is 0.844. The first kappa shape index (κ1) is 14.4. The fourth-order valence-corrected chi connectivity index (χ4v) is 2.18. The summed E-state index contributed by atoms with van der Waals surface area (Å²) < 4.78 is 4.61. The molecule has 1 amide bonds. The van der Waals surface area contributed by atoms with Crippen LogP contribution in [0.4, 0.5) is 16.4 Å². The monoisotopic (exact) mass is 279 g/mol. The first-order valence-electron chi connectivity index (χ1n) is 6.88. The molecule has 2 rings (SSSR count). The van der Waals surface area contributed by atoms with Gasteiger partial charge in [-0.05, 0) is 12.8 Å². The number of hydrogen-bond acceptors (Lipinski definition) is 6. The lowest BCUT2D eigenvalue weighted by Crippen LogP contribution is -2.37. The molecule has 0 bridgehead atoms. The lowest BCUT2D eigenvalue weighted by molar-refractivity contribution is 0.167. The third kappa shape index (κ3) is 3.72. The summed E-state index contributed by atoms with van der Waals surface area (Å²) in [4.78, 5) is 21.8. The second kappa shape index (κ2) is 6.93. The highest BCUT2D eigenvalue weighted by Gasteiger charge is 2.25. The molecule has 0 spiro atoms. The molecule has 7 heteroatoms. The van der Waals surface area contributed by atoms with Gasteiger partial charge in [-0.2, -0.15) is 0 Å². The van der Waals surface area contributed by atoms with Crippen molar-refractivity contribution < 1.29 is 9.53 Å². The highest BCUT2D eigenvalue weighted by atomic mass is 16.5. The zero-order valence-electron chi connectivity index (χ0n) is 11.9. The van der Waals surface area contributed by atoms with Crippen molar-refractivity contribution >= 4 is 17.7 Å². The van der Waals surface area contributed by atoms with Crippen LogP contribution in [-0.2, 0) is 4.74 Å². The SMILES string of the molecule is CCCNc1cc(N2CCC(NC(=O)OC)C2)ncn1. The number of carbonyl (C=O) groups excluding carboxylic acids is 1. The second-order valence-electron chi connectivity index (χ2n) is 4.76. The normalized spacial score (nSPS) is 17.9. The predicted molar refractivity (Wildman–Crippen MR) is 77.0 cm³/mol. The van der Waals surface area contributed by atoms with Crippen molar-refractivity contribution in [3.8, 4) is 0 Å². The predicted octanol–water partition coefficient (Wildman–Crippen LogP) is 1.23. The van der Waals surface area contributed by atoms with Crippen LogP contribution in [0.5, 0.6) is 0 Å². The van der Waals surface area contributed by atoms with Crippen molar-refractivity contribution in [2.75, 3.05) is 37.0 Å². The highest BCUT2D eigenvalue weighted by molar-refractivity contribution is 5.67. The van der Waals surface area contributed by atoms with Gasteiger partial charge in [0, 0.05) is 25.7 Å². The largest absolute Gasteiger partial charge is 0.453 e. The van der Waals surface area contributed by atoms with Gasteiger partial charge in [-0.3, -0.25) is 0 Å². The summed E-state index contributed by atoms with van der Waals surface area (Å²) in [5.41, 5.74) is 0. The molecule has 2 N–H and O–H groups in total. The van der Waals surface area contributed by atoms with E-state index in [1.165, 1.54) is 7.11 Å². The van der Waals surface area contributed by atoms with Gasteiger partial charge >= 0.3 is 6.09 Å². The number of amides is 1. The van der Waals surface area contributed by atoms with Gasteiger partial charge in [0.05, 0.1) is 13.2 Å². The minimum absolute atomic E-state index is 0.101. The van der Waals surface area contributed by atoms with Crippen LogP contribution >= 0.6 is 0 Å². The molecule has 1 saturated heterocycles. The summed E-state index contributed by atoms with van der Waals surface area (Å²) in [5.74, 6) is 1.72. The van der Waals surface area contributed by atoms with Crippen molar-refractivity contribution in [3.05, 3.63) is 12.4 Å². The maximum Gasteiger partial charge on any atom is 0.407 e. The Balaban J connectivity index is 1.93. The summed E-state index contributed by atoms with van der Waals surface area (Å²) in [6.45, 7) is 4.60. The average Bonchev–Trinajstić information content (AvgIpc) is 2.93. The van der Waals surface area contributed by atoms with Crippen LogP contribution in [-0.4, -0.2) is 48.8 Å². The Morgan fingerprint density at radius 2 is 2.40 bits per heavy atom. The summed E-state index contributed by atoms with van der Waals surface area (Å²) in [6, 6.07) is 2.04. The van der Waals surface area contributed by atoms with Crippen molar-refractivity contribution in [1.29, 1.82) is 0 Å². The fourth-order valence-electron chi connectivity index (χ4n) is 2.18. The zero-order valence-corrected chi connectivity index (χ0v) is 11.9. The summed E-state index contributed by atoms with van der Waals surface area (Å²) in [6.07, 6.45) is 3.11. The van der Waals surface area contributed by atoms with Gasteiger partial charge in [0.1, 0.15) is 18.0 Å². The number of aromatic nitrogens is 2. The maximum atomic E-state index is 11.2. The maximum absolute atomic E-state index is 11.2. The third-order valence-corrected chi connectivity index (χ3v) is 3.23. The minimum Gasteiger partial charge on any atom is -0.453 e. The molecular weight excluding hydrogens is 258 g/mol. The number of alkyl carbamates (subject to hydrolysis) is 1. The first-order valence-corrected chi connectivity index (χ1v) is 6.88. The van der Waals surface area contributed by atoms with E-state index in [0.29, 0.717) is 0 Å². The van der Waals surface area contributed by atoms with Crippen LogP contribution in [0.3, 0.4) is 0 Å². The minimum atomic E-state index is -0.384. The number of nitrogens with zero attached hydrogens (tertiary/aromatic N) is 3. The zero-order chi connectivity index (χ0) is 14.4. The van der Waals surface area contributed by atoms with Crippen LogP contribution < -0.4 is 15.5 Å². The van der Waals surface area contributed by atoms with Gasteiger partial charge in [0.15, 0.2) is 0 Å². The van der Waals surface area contributed by atoms with E-state index >= 15 is 0 Å². The molecule has 1 aromatic rings. The van der Waals surface area contributed by atoms with Gasteiger partial charge in [0.25, 0.3) is 0 Å². The molecule has 2 heterocycles. The molecular formula is C13H21N5O2. The van der Waals surface area contributed by atoms with E-state index in [-0.39, 0.29) is 12.1 Å². The van der Waals surface area contributed by atoms with Crippen LogP contribution in [0, 0.1) is 0 Å². The molecule has 0 saturated carbocycles. The summed E-state index contributed by atoms with van der Waals surface area (Å²) >= 11 is 0. The molecule has 110 valence electrons. The lowest BCUT2D eigenvalue weighted by atomic mass is 10.3. The molecule has 1 fully saturated rings. The van der Waals surface area contributed by atoms with Gasteiger partial charge in [-0.15, -0.1) is 0 Å². The number of hydrogen-bond donors (Lipinski definition) is 2. The second-order valence-corrected chi connectivity index (χ2v) is 4.76. The Morgan fingerprint density at radius 3 is 3.15 bits per heavy atom. The number of methoxy groups -OCH3 is 1. The molecule has 1 aromatic heterocycles. The van der Waals surface area contributed by atoms with E-state index in [1.807, 2.05) is 6.07 Å². The van der Waals surface area contributed by atoms with E-state index in [1.54, 1.807) is 6.33 Å². The van der Waals surface area contributed by atoms with E-state index in [0.717, 1.165) is 44.1 Å². The van der Waals surface area contributed by atoms with Crippen molar-refractivity contribution in [2.24, 2.45) is 0 Å². The topological polar surface area (TPSA) is 79.4 Å². The highest BCUT2D eigenvalue weighted by Crippen LogP contribution is 2.19. The summed E-state index contributed by atoms with van der Waals surface area (Å²) in [7, 11) is 1.37. The molecule has 1 aliphatic rings. The van der Waals surface area contributed by atoms with Gasteiger partial charge in [-0.25, -0.2) is 14.8 Å². The average molecular weight is 279 g/mol. The van der Waals surface area contributed by atoms with Crippen LogP contribution in [0.2, 0.25) is 0 Å². The van der Waals surface area contributed by atoms with Gasteiger partial charge in [0.2, 0.25) is 0 Å². The Bertz CT molecular complexity index is 454. The summed E-state index contributed by atoms with van der Waals surface area (Å²) in [5, 5.41) is 6.06. The van der Waals surface area contributed by atoms with Gasteiger partial charge in [-0.1, -0.05) is 6.92 Å². The number of nitrogens with one attached hydrogen (secondary N) is 2. The Kier molecular flexibility index (Phi) is 4.97. The van der Waals surface area contributed by atoms with E-state index in [4.69, 9.17) is 0 Å². The number of anilines is 2. The first-order chi connectivity index (χ1) is 9.72. The molecule has 20 heavy (non-hydrogen) atoms. The Labute approximate surface area is 118 Å². The number of ether oxygens (including phenoxy) is 1. The van der Waals surface area contributed by atoms with Crippen molar-refractivity contribution in [3.63, 3.8) is 0 Å². The van der Waals surface area contributed by atoms with Crippen molar-refractivity contribution in [1.82, 2.24) is 15.3 Å². The van der Waals surface area contributed by atoms with Gasteiger partial charge < -0.3 is 20.3 Å². The van der Waals surface area contributed by atoms with Crippen LogP contribution in [0.1, 0.15) is 19.8 Å². The van der Waals surface area contributed by atoms with Crippen LogP contribution in [0.15, 0.2) is 12.4 Å². The standard InChI is InChI=1S/C13H21N5O2/c1-3-5-14-11-7-12(16-9-15-11)18-6-4-10(8-18)17-13(19)20-2/h7,9-10H,3-6,8H2,1-2H3,(H,17,19)(H,14,15,16). The molecule has 0 aliphatic carbocycles. The number of carbonyl (C=O) groups is 1. The molecule has 7 nitrogen and oxygen atoms in total. The lowest BCUT2D eigenvalue weighted by Gasteiger charge is -2.18. The van der Waals surface area contributed by atoms with E-state index in [9.17, 15) is 4.79 Å². The Hall–Kier alpha value is -2.05. The van der Waals surface area contributed by atoms with Crippen molar-refractivity contribution in [2.45, 2.75) is 25.8 Å². The molecule has 1 unspecified atom stereocenters. The third-order valence-electron chi connectivity index (χ3n) is 3.23.